The SMILES string of the molecule is O=C(CCc1ccccn1)c1csc(CCNCc2nc3ccccc3[nH]2)n1. The van der Waals surface area contributed by atoms with E-state index in [-0.39, 0.29) is 5.78 Å². The van der Waals surface area contributed by atoms with E-state index in [0.717, 1.165) is 40.5 Å². The molecule has 0 aliphatic heterocycles. The average Bonchev–Trinajstić information content (AvgIpc) is 3.37. The maximum absolute atomic E-state index is 12.3. The average molecular weight is 392 g/mol. The van der Waals surface area contributed by atoms with Gasteiger partial charge in [0, 0.05) is 36.7 Å². The normalized spacial score (nSPS) is 11.1. The number of ketones is 1. The molecule has 0 spiro atoms. The summed E-state index contributed by atoms with van der Waals surface area (Å²) in [5.74, 6) is 0.995. The van der Waals surface area contributed by atoms with E-state index in [9.17, 15) is 4.79 Å². The number of carbonyl (C=O) groups is 1. The number of aryl methyl sites for hydroxylation is 1. The van der Waals surface area contributed by atoms with Gasteiger partial charge in [-0.3, -0.25) is 9.78 Å². The molecule has 0 unspecified atom stereocenters. The zero-order valence-electron chi connectivity index (χ0n) is 15.4. The van der Waals surface area contributed by atoms with Crippen LogP contribution in [-0.4, -0.2) is 32.3 Å². The highest BCUT2D eigenvalue weighted by molar-refractivity contribution is 7.09. The minimum atomic E-state index is 0.0726. The number of carbonyl (C=O) groups excluding carboxylic acids is 1. The van der Waals surface area contributed by atoms with Gasteiger partial charge in [0.05, 0.1) is 22.6 Å². The molecule has 4 aromatic rings. The number of nitrogens with zero attached hydrogens (tertiary/aromatic N) is 3. The molecule has 3 heterocycles. The number of fused-ring (bicyclic) bond motifs is 1. The molecular formula is C21H21N5OS. The Bertz CT molecular complexity index is 1020. The number of Topliss-reactive ketones (excluding diaryl/α,β-unsaturated/α-hetero) is 1. The van der Waals surface area contributed by atoms with Crippen LogP contribution in [0.1, 0.15) is 33.4 Å². The van der Waals surface area contributed by atoms with E-state index in [1.165, 1.54) is 11.3 Å². The third-order valence-corrected chi connectivity index (χ3v) is 5.33. The van der Waals surface area contributed by atoms with Gasteiger partial charge in [0.2, 0.25) is 0 Å². The zero-order chi connectivity index (χ0) is 19.2. The predicted octanol–water partition coefficient (Wildman–Crippen LogP) is 3.56. The minimum Gasteiger partial charge on any atom is -0.341 e. The first-order valence-corrected chi connectivity index (χ1v) is 10.2. The number of nitrogens with one attached hydrogen (secondary N) is 2. The molecule has 6 nitrogen and oxygen atoms in total. The van der Waals surface area contributed by atoms with Gasteiger partial charge in [-0.2, -0.15) is 0 Å². The molecule has 0 amide bonds. The van der Waals surface area contributed by atoms with Crippen LogP contribution in [0.15, 0.2) is 54.0 Å². The van der Waals surface area contributed by atoms with E-state index in [1.807, 2.05) is 47.8 Å². The van der Waals surface area contributed by atoms with Gasteiger partial charge in [0.1, 0.15) is 11.5 Å². The third-order valence-electron chi connectivity index (χ3n) is 4.42. The van der Waals surface area contributed by atoms with Crippen LogP contribution in [0.5, 0.6) is 0 Å². The van der Waals surface area contributed by atoms with Crippen molar-refractivity contribution in [3.63, 3.8) is 0 Å². The first-order valence-electron chi connectivity index (χ1n) is 9.30. The molecule has 142 valence electrons. The Balaban J connectivity index is 1.22. The lowest BCUT2D eigenvalue weighted by Crippen LogP contribution is -2.17. The molecule has 0 aliphatic carbocycles. The number of H-pyrrole nitrogens is 1. The van der Waals surface area contributed by atoms with Gasteiger partial charge in [-0.25, -0.2) is 9.97 Å². The Morgan fingerprint density at radius 2 is 1.96 bits per heavy atom. The Kier molecular flexibility index (Phi) is 5.84. The highest BCUT2D eigenvalue weighted by Gasteiger charge is 2.11. The third kappa shape index (κ3) is 4.68. The van der Waals surface area contributed by atoms with Gasteiger partial charge >= 0.3 is 0 Å². The van der Waals surface area contributed by atoms with Gasteiger partial charge in [-0.05, 0) is 30.7 Å². The molecule has 0 bridgehead atoms. The summed E-state index contributed by atoms with van der Waals surface area (Å²) in [5.41, 5.74) is 3.52. The number of para-hydroxylation sites is 2. The van der Waals surface area contributed by atoms with Crippen molar-refractivity contribution in [2.24, 2.45) is 0 Å². The number of hydrogen-bond acceptors (Lipinski definition) is 6. The highest BCUT2D eigenvalue weighted by Crippen LogP contribution is 2.14. The quantitative estimate of drug-likeness (QED) is 0.337. The van der Waals surface area contributed by atoms with Crippen LogP contribution in [0.3, 0.4) is 0 Å². The van der Waals surface area contributed by atoms with E-state index < -0.39 is 0 Å². The largest absolute Gasteiger partial charge is 0.341 e. The van der Waals surface area contributed by atoms with E-state index in [1.54, 1.807) is 6.20 Å². The molecule has 28 heavy (non-hydrogen) atoms. The second-order valence-corrected chi connectivity index (χ2v) is 7.44. The van der Waals surface area contributed by atoms with Crippen LogP contribution in [0.25, 0.3) is 11.0 Å². The molecule has 2 N–H and O–H groups in total. The highest BCUT2D eigenvalue weighted by atomic mass is 32.1. The van der Waals surface area contributed by atoms with Crippen LogP contribution in [0.2, 0.25) is 0 Å². The second kappa shape index (κ2) is 8.86. The maximum atomic E-state index is 12.3. The first-order chi connectivity index (χ1) is 13.8. The van der Waals surface area contributed by atoms with E-state index in [2.05, 4.69) is 25.3 Å². The molecule has 4 rings (SSSR count). The molecule has 0 atom stereocenters. The fourth-order valence-corrected chi connectivity index (χ4v) is 3.76. The van der Waals surface area contributed by atoms with Crippen molar-refractivity contribution < 1.29 is 4.79 Å². The minimum absolute atomic E-state index is 0.0726. The summed E-state index contributed by atoms with van der Waals surface area (Å²) in [6.07, 6.45) is 3.62. The van der Waals surface area contributed by atoms with Crippen LogP contribution in [0.4, 0.5) is 0 Å². The van der Waals surface area contributed by atoms with Crippen molar-refractivity contribution in [2.45, 2.75) is 25.8 Å². The number of aromatic amines is 1. The number of rotatable bonds is 9. The standard InChI is InChI=1S/C21H21N5OS/c27-19(9-8-15-5-3-4-11-23-15)18-14-28-21(26-18)10-12-22-13-20-24-16-6-1-2-7-17(16)25-20/h1-7,11,14,22H,8-10,12-13H2,(H,24,25). The van der Waals surface area contributed by atoms with Crippen LogP contribution < -0.4 is 5.32 Å². The van der Waals surface area contributed by atoms with E-state index in [0.29, 0.717) is 25.1 Å². The molecular weight excluding hydrogens is 370 g/mol. The van der Waals surface area contributed by atoms with Crippen molar-refractivity contribution in [3.05, 3.63) is 76.3 Å². The summed E-state index contributed by atoms with van der Waals surface area (Å²) in [4.78, 5) is 28.9. The Labute approximate surface area is 167 Å². The van der Waals surface area contributed by atoms with Crippen molar-refractivity contribution in [1.82, 2.24) is 25.3 Å². The number of imidazole rings is 1. The number of pyridine rings is 1. The first kappa shape index (κ1) is 18.5. The summed E-state index contributed by atoms with van der Waals surface area (Å²) in [6.45, 7) is 1.46. The smallest absolute Gasteiger partial charge is 0.182 e. The fraction of sp³-hybridized carbons (Fsp3) is 0.238. The van der Waals surface area contributed by atoms with Gasteiger partial charge in [-0.15, -0.1) is 11.3 Å². The Morgan fingerprint density at radius 3 is 2.82 bits per heavy atom. The van der Waals surface area contributed by atoms with Gasteiger partial charge < -0.3 is 10.3 Å². The summed E-state index contributed by atoms with van der Waals surface area (Å²) < 4.78 is 0. The topological polar surface area (TPSA) is 83.6 Å². The number of thiazole rings is 1. The maximum Gasteiger partial charge on any atom is 0.182 e. The molecule has 7 heteroatoms. The molecule has 0 fully saturated rings. The fourth-order valence-electron chi connectivity index (χ4n) is 2.96. The van der Waals surface area contributed by atoms with E-state index >= 15 is 0 Å². The summed E-state index contributed by atoms with van der Waals surface area (Å²) in [7, 11) is 0. The molecule has 0 saturated heterocycles. The summed E-state index contributed by atoms with van der Waals surface area (Å²) >= 11 is 1.54. The van der Waals surface area contributed by atoms with Crippen molar-refractivity contribution in [3.8, 4) is 0 Å². The van der Waals surface area contributed by atoms with Gasteiger partial charge in [0.25, 0.3) is 0 Å². The molecule has 3 aromatic heterocycles. The molecule has 1 aromatic carbocycles. The van der Waals surface area contributed by atoms with Crippen molar-refractivity contribution in [1.29, 1.82) is 0 Å². The van der Waals surface area contributed by atoms with E-state index in [4.69, 9.17) is 0 Å². The monoisotopic (exact) mass is 391 g/mol. The number of aromatic nitrogens is 4. The lowest BCUT2D eigenvalue weighted by molar-refractivity contribution is 0.0978. The molecule has 0 saturated carbocycles. The van der Waals surface area contributed by atoms with Crippen LogP contribution in [0, 0.1) is 0 Å². The Hall–Kier alpha value is -2.90. The number of benzene rings is 1. The molecule has 0 aliphatic rings. The van der Waals surface area contributed by atoms with Crippen molar-refractivity contribution in [2.75, 3.05) is 6.54 Å². The summed E-state index contributed by atoms with van der Waals surface area (Å²) in [6, 6.07) is 13.7. The predicted molar refractivity (Wildman–Crippen MR) is 111 cm³/mol. The lowest BCUT2D eigenvalue weighted by Gasteiger charge is -2.00. The number of hydrogen-bond donors (Lipinski definition) is 2. The van der Waals surface area contributed by atoms with Gasteiger partial charge in [0.15, 0.2) is 5.78 Å². The van der Waals surface area contributed by atoms with Crippen LogP contribution >= 0.6 is 11.3 Å². The van der Waals surface area contributed by atoms with Gasteiger partial charge in [-0.1, -0.05) is 18.2 Å². The summed E-state index contributed by atoms with van der Waals surface area (Å²) in [5, 5.41) is 6.20. The van der Waals surface area contributed by atoms with Crippen molar-refractivity contribution >= 4 is 28.2 Å². The Morgan fingerprint density at radius 1 is 1.07 bits per heavy atom. The van der Waals surface area contributed by atoms with Crippen LogP contribution in [-0.2, 0) is 19.4 Å². The second-order valence-electron chi connectivity index (χ2n) is 6.50. The molecule has 0 radical (unpaired) electrons. The zero-order valence-corrected chi connectivity index (χ0v) is 16.2. The lowest BCUT2D eigenvalue weighted by atomic mass is 10.1.